The van der Waals surface area contributed by atoms with Crippen molar-refractivity contribution in [2.24, 2.45) is 0 Å². The predicted molar refractivity (Wildman–Crippen MR) is 69.4 cm³/mol. The zero-order chi connectivity index (χ0) is 12.8. The van der Waals surface area contributed by atoms with Crippen LogP contribution in [0.5, 0.6) is 0 Å². The Labute approximate surface area is 109 Å². The topological polar surface area (TPSA) is 66.1 Å². The predicted octanol–water partition coefficient (Wildman–Crippen LogP) is 2.09. The van der Waals surface area contributed by atoms with Gasteiger partial charge in [0, 0.05) is 31.8 Å². The Balaban J connectivity index is 2.59. The molecule has 94 valence electrons. The van der Waals surface area contributed by atoms with Crippen molar-refractivity contribution in [3.63, 3.8) is 0 Å². The van der Waals surface area contributed by atoms with Gasteiger partial charge in [-0.1, -0.05) is 23.4 Å². The summed E-state index contributed by atoms with van der Waals surface area (Å²) in [6.07, 6.45) is 1.89. The average molecular weight is 276 g/mol. The highest BCUT2D eigenvalue weighted by Crippen LogP contribution is 2.23. The molecular formula is C10H14ClN3O2S. The average Bonchev–Trinajstić information content (AvgIpc) is 2.66. The first kappa shape index (κ1) is 14.1. The summed E-state index contributed by atoms with van der Waals surface area (Å²) in [6.45, 7) is 3.86. The Morgan fingerprint density at radius 1 is 1.59 bits per heavy atom. The van der Waals surface area contributed by atoms with E-state index in [0.29, 0.717) is 24.4 Å². The minimum absolute atomic E-state index is 0.0159. The molecule has 0 bridgehead atoms. The lowest BCUT2D eigenvalue weighted by Crippen LogP contribution is -2.30. The smallest absolute Gasteiger partial charge is 0.227 e. The van der Waals surface area contributed by atoms with Gasteiger partial charge >= 0.3 is 0 Å². The molecule has 0 atom stereocenters. The molecular weight excluding hydrogens is 262 g/mol. The van der Waals surface area contributed by atoms with Crippen molar-refractivity contribution in [1.29, 1.82) is 0 Å². The first-order chi connectivity index (χ1) is 8.06. The van der Waals surface area contributed by atoms with Crippen LogP contribution >= 0.6 is 23.4 Å². The molecule has 0 aliphatic rings. The maximum atomic E-state index is 11.9. The Morgan fingerprint density at radius 2 is 2.29 bits per heavy atom. The molecule has 1 aromatic rings. The van der Waals surface area contributed by atoms with Crippen LogP contribution in [0.1, 0.15) is 20.3 Å². The highest BCUT2D eigenvalue weighted by Gasteiger charge is 2.17. The zero-order valence-electron chi connectivity index (χ0n) is 9.70. The van der Waals surface area contributed by atoms with Crippen LogP contribution in [0.4, 0.5) is 5.69 Å². The summed E-state index contributed by atoms with van der Waals surface area (Å²) >= 11 is 6.99. The van der Waals surface area contributed by atoms with Gasteiger partial charge in [0.05, 0.1) is 0 Å². The Hall–Kier alpha value is -1.01. The van der Waals surface area contributed by atoms with E-state index in [1.54, 1.807) is 11.1 Å². The van der Waals surface area contributed by atoms with E-state index >= 15 is 0 Å². The molecule has 7 heteroatoms. The van der Waals surface area contributed by atoms with Crippen LogP contribution in [0, 0.1) is 0 Å². The number of aromatic amines is 1. The minimum Gasteiger partial charge on any atom is -0.309 e. The molecule has 1 amide bonds. The number of thioether (sulfide) groups is 1. The molecule has 0 saturated carbocycles. The van der Waals surface area contributed by atoms with Gasteiger partial charge in [0.2, 0.25) is 5.91 Å². The highest BCUT2D eigenvalue weighted by molar-refractivity contribution is 8.13. The van der Waals surface area contributed by atoms with Crippen molar-refractivity contribution in [3.05, 3.63) is 11.3 Å². The lowest BCUT2D eigenvalue weighted by Gasteiger charge is -2.19. The molecule has 0 spiro atoms. The van der Waals surface area contributed by atoms with Crippen LogP contribution in [0.25, 0.3) is 0 Å². The van der Waals surface area contributed by atoms with E-state index in [1.165, 1.54) is 6.92 Å². The number of H-pyrrole nitrogens is 1. The van der Waals surface area contributed by atoms with E-state index in [0.717, 1.165) is 11.8 Å². The molecule has 1 N–H and O–H groups in total. The quantitative estimate of drug-likeness (QED) is 0.893. The molecule has 1 heterocycles. The molecule has 17 heavy (non-hydrogen) atoms. The normalized spacial score (nSPS) is 10.3. The van der Waals surface area contributed by atoms with Crippen LogP contribution in [0.2, 0.25) is 5.15 Å². The lowest BCUT2D eigenvalue weighted by molar-refractivity contribution is -0.118. The summed E-state index contributed by atoms with van der Waals surface area (Å²) in [5.41, 5.74) is 0.576. The number of anilines is 1. The van der Waals surface area contributed by atoms with E-state index in [2.05, 4.69) is 10.2 Å². The second-order valence-electron chi connectivity index (χ2n) is 3.29. The van der Waals surface area contributed by atoms with Gasteiger partial charge in [-0.3, -0.25) is 14.7 Å². The van der Waals surface area contributed by atoms with Gasteiger partial charge in [-0.05, 0) is 6.92 Å². The molecule has 0 radical (unpaired) electrons. The van der Waals surface area contributed by atoms with Gasteiger partial charge in [-0.25, -0.2) is 0 Å². The summed E-state index contributed by atoms with van der Waals surface area (Å²) in [4.78, 5) is 24.2. The van der Waals surface area contributed by atoms with Crippen molar-refractivity contribution < 1.29 is 9.59 Å². The number of amides is 1. The Kier molecular flexibility index (Phi) is 5.50. The van der Waals surface area contributed by atoms with E-state index in [-0.39, 0.29) is 16.2 Å². The molecule has 1 rings (SSSR count). The van der Waals surface area contributed by atoms with Gasteiger partial charge in [0.25, 0.3) is 0 Å². The number of aromatic nitrogens is 2. The SMILES string of the molecule is CCN(C(=O)CCSC(C)=O)c1c[nH]nc1Cl. The van der Waals surface area contributed by atoms with E-state index < -0.39 is 0 Å². The number of hydrogen-bond acceptors (Lipinski definition) is 4. The lowest BCUT2D eigenvalue weighted by atomic mass is 10.3. The fourth-order valence-corrected chi connectivity index (χ4v) is 2.12. The van der Waals surface area contributed by atoms with Crippen molar-refractivity contribution in [1.82, 2.24) is 10.2 Å². The molecule has 0 aliphatic heterocycles. The number of halogens is 1. The maximum absolute atomic E-state index is 11.9. The van der Waals surface area contributed by atoms with Gasteiger partial charge in [-0.15, -0.1) is 0 Å². The molecule has 0 unspecified atom stereocenters. The van der Waals surface area contributed by atoms with Crippen LogP contribution in [0.15, 0.2) is 6.20 Å². The number of carbonyl (C=O) groups excluding carboxylic acids is 2. The zero-order valence-corrected chi connectivity index (χ0v) is 11.3. The maximum Gasteiger partial charge on any atom is 0.227 e. The van der Waals surface area contributed by atoms with Gasteiger partial charge in [-0.2, -0.15) is 5.10 Å². The largest absolute Gasteiger partial charge is 0.309 e. The molecule has 0 aromatic carbocycles. The van der Waals surface area contributed by atoms with Crippen molar-refractivity contribution in [3.8, 4) is 0 Å². The fraction of sp³-hybridized carbons (Fsp3) is 0.500. The van der Waals surface area contributed by atoms with Gasteiger partial charge < -0.3 is 4.90 Å². The van der Waals surface area contributed by atoms with Crippen molar-refractivity contribution in [2.45, 2.75) is 20.3 Å². The summed E-state index contributed by atoms with van der Waals surface area (Å²) in [5.74, 6) is 0.421. The van der Waals surface area contributed by atoms with Crippen molar-refractivity contribution >= 4 is 40.1 Å². The summed E-state index contributed by atoms with van der Waals surface area (Å²) in [5, 5.41) is 6.66. The van der Waals surface area contributed by atoms with Gasteiger partial charge in [0.15, 0.2) is 10.3 Å². The highest BCUT2D eigenvalue weighted by atomic mass is 35.5. The monoisotopic (exact) mass is 275 g/mol. The van der Waals surface area contributed by atoms with Gasteiger partial charge in [0.1, 0.15) is 5.69 Å². The third-order valence-electron chi connectivity index (χ3n) is 2.10. The first-order valence-corrected chi connectivity index (χ1v) is 6.55. The van der Waals surface area contributed by atoms with Crippen molar-refractivity contribution in [2.75, 3.05) is 17.2 Å². The molecule has 0 aliphatic carbocycles. The van der Waals surface area contributed by atoms with Crippen LogP contribution in [-0.2, 0) is 9.59 Å². The second kappa shape index (κ2) is 6.66. The minimum atomic E-state index is -0.0652. The fourth-order valence-electron chi connectivity index (χ4n) is 1.35. The van der Waals surface area contributed by atoms with E-state index in [4.69, 9.17) is 11.6 Å². The number of carbonyl (C=O) groups is 2. The first-order valence-electron chi connectivity index (χ1n) is 5.19. The second-order valence-corrected chi connectivity index (χ2v) is 4.92. The number of nitrogens with one attached hydrogen (secondary N) is 1. The molecule has 1 aromatic heterocycles. The van der Waals surface area contributed by atoms with E-state index in [9.17, 15) is 9.59 Å². The summed E-state index contributed by atoms with van der Waals surface area (Å²) in [6, 6.07) is 0. The van der Waals surface area contributed by atoms with Crippen LogP contribution < -0.4 is 4.90 Å². The summed E-state index contributed by atoms with van der Waals surface area (Å²) in [7, 11) is 0. The third kappa shape index (κ3) is 4.05. The third-order valence-corrected chi connectivity index (χ3v) is 3.20. The Morgan fingerprint density at radius 3 is 2.76 bits per heavy atom. The molecule has 0 fully saturated rings. The van der Waals surface area contributed by atoms with Crippen LogP contribution in [-0.4, -0.2) is 33.5 Å². The van der Waals surface area contributed by atoms with Crippen LogP contribution in [0.3, 0.4) is 0 Å². The standard InChI is InChI=1S/C10H14ClN3O2S/c1-3-14(8-6-12-13-10(8)11)9(16)4-5-17-7(2)15/h6H,3-5H2,1-2H3,(H,12,13). The number of nitrogens with zero attached hydrogens (tertiary/aromatic N) is 2. The summed E-state index contributed by atoms with van der Waals surface area (Å²) < 4.78 is 0. The van der Waals surface area contributed by atoms with E-state index in [1.807, 2.05) is 6.92 Å². The molecule has 5 nitrogen and oxygen atoms in total. The number of hydrogen-bond donors (Lipinski definition) is 1. The number of rotatable bonds is 5. The molecule has 0 saturated heterocycles. The Bertz CT molecular complexity index is 408.